The molecule has 2 aromatic carbocycles. The van der Waals surface area contributed by atoms with Gasteiger partial charge in [0.05, 0.1) is 0 Å². The van der Waals surface area contributed by atoms with Crippen LogP contribution in [0.1, 0.15) is 36.7 Å². The van der Waals surface area contributed by atoms with Gasteiger partial charge in [0, 0.05) is 23.0 Å². The number of rotatable bonds is 9. The summed E-state index contributed by atoms with van der Waals surface area (Å²) in [6.07, 6.45) is 0. The summed E-state index contributed by atoms with van der Waals surface area (Å²) < 4.78 is 5.76. The molecular weight excluding hydrogens is 334 g/mol. The van der Waals surface area contributed by atoms with Gasteiger partial charge in [0.2, 0.25) is 0 Å². The molecule has 134 valence electrons. The maximum atomic E-state index is 12.6. The zero-order chi connectivity index (χ0) is 18.2. The van der Waals surface area contributed by atoms with E-state index in [4.69, 9.17) is 16.3 Å². The van der Waals surface area contributed by atoms with Crippen molar-refractivity contribution in [1.29, 1.82) is 0 Å². The van der Waals surface area contributed by atoms with Crippen LogP contribution in [0.5, 0.6) is 5.75 Å². The Kier molecular flexibility index (Phi) is 7.48. The number of hydrogen-bond acceptors (Lipinski definition) is 3. The number of Topliss-reactive ketones (excluding diaryl/α,β-unsaturated/α-hetero) is 1. The summed E-state index contributed by atoms with van der Waals surface area (Å²) in [5, 5.41) is 0.713. The summed E-state index contributed by atoms with van der Waals surface area (Å²) in [6.45, 7) is 9.42. The van der Waals surface area contributed by atoms with Gasteiger partial charge in [-0.25, -0.2) is 0 Å². The molecule has 0 bridgehead atoms. The molecule has 3 nitrogen and oxygen atoms in total. The molecule has 0 heterocycles. The molecule has 0 aliphatic carbocycles. The largest absolute Gasteiger partial charge is 0.489 e. The summed E-state index contributed by atoms with van der Waals surface area (Å²) in [5.74, 6) is 0.916. The van der Waals surface area contributed by atoms with Gasteiger partial charge in [-0.05, 0) is 55.1 Å². The van der Waals surface area contributed by atoms with Crippen LogP contribution >= 0.6 is 11.6 Å². The third-order valence-corrected chi connectivity index (χ3v) is 4.58. The van der Waals surface area contributed by atoms with Gasteiger partial charge in [-0.3, -0.25) is 4.79 Å². The summed E-state index contributed by atoms with van der Waals surface area (Å²) in [7, 11) is 0. The fourth-order valence-electron chi connectivity index (χ4n) is 2.70. The van der Waals surface area contributed by atoms with E-state index in [9.17, 15) is 4.79 Å². The molecule has 1 unspecified atom stereocenters. The Labute approximate surface area is 155 Å². The van der Waals surface area contributed by atoms with E-state index in [0.717, 1.165) is 36.5 Å². The van der Waals surface area contributed by atoms with Crippen LogP contribution in [0.25, 0.3) is 0 Å². The Bertz CT molecular complexity index is 663. The maximum Gasteiger partial charge on any atom is 0.166 e. The number of benzene rings is 2. The summed E-state index contributed by atoms with van der Waals surface area (Å²) in [4.78, 5) is 14.8. The molecule has 25 heavy (non-hydrogen) atoms. The summed E-state index contributed by atoms with van der Waals surface area (Å²) >= 11 is 5.88. The zero-order valence-corrected chi connectivity index (χ0v) is 15.9. The van der Waals surface area contributed by atoms with Crippen molar-refractivity contribution in [2.24, 2.45) is 5.92 Å². The first-order valence-electron chi connectivity index (χ1n) is 8.77. The number of ketones is 1. The lowest BCUT2D eigenvalue weighted by Crippen LogP contribution is -2.31. The normalized spacial score (nSPS) is 12.2. The van der Waals surface area contributed by atoms with Crippen LogP contribution in [0.4, 0.5) is 0 Å². The van der Waals surface area contributed by atoms with Crippen molar-refractivity contribution in [3.8, 4) is 5.75 Å². The molecule has 0 saturated carbocycles. The molecule has 4 heteroatoms. The highest BCUT2D eigenvalue weighted by Gasteiger charge is 2.17. The molecule has 0 spiro atoms. The monoisotopic (exact) mass is 359 g/mol. The van der Waals surface area contributed by atoms with Crippen LogP contribution in [-0.2, 0) is 6.61 Å². The van der Waals surface area contributed by atoms with Crippen molar-refractivity contribution in [1.82, 2.24) is 4.90 Å². The van der Waals surface area contributed by atoms with Gasteiger partial charge >= 0.3 is 0 Å². The highest BCUT2D eigenvalue weighted by atomic mass is 35.5. The zero-order valence-electron chi connectivity index (χ0n) is 15.2. The quantitative estimate of drug-likeness (QED) is 0.585. The van der Waals surface area contributed by atoms with Gasteiger partial charge in [0.15, 0.2) is 5.78 Å². The smallest absolute Gasteiger partial charge is 0.166 e. The third kappa shape index (κ3) is 5.87. The molecular formula is C21H26ClNO2. The second-order valence-corrected chi connectivity index (χ2v) is 6.63. The van der Waals surface area contributed by atoms with Crippen molar-refractivity contribution in [3.63, 3.8) is 0 Å². The number of carbonyl (C=O) groups excluding carboxylic acids is 1. The van der Waals surface area contributed by atoms with Gasteiger partial charge in [0.1, 0.15) is 12.4 Å². The van der Waals surface area contributed by atoms with Crippen LogP contribution in [0, 0.1) is 5.92 Å². The average molecular weight is 360 g/mol. The van der Waals surface area contributed by atoms with Crippen LogP contribution in [-0.4, -0.2) is 30.3 Å². The SMILES string of the molecule is CCN(CC)CC(C)C(=O)c1ccc(OCc2ccc(Cl)cc2)cc1. The number of halogens is 1. The highest BCUT2D eigenvalue weighted by molar-refractivity contribution is 6.30. The van der Waals surface area contributed by atoms with Crippen LogP contribution in [0.2, 0.25) is 5.02 Å². The van der Waals surface area contributed by atoms with Gasteiger partial charge in [-0.1, -0.05) is 44.5 Å². The minimum atomic E-state index is -0.0132. The lowest BCUT2D eigenvalue weighted by Gasteiger charge is -2.21. The first-order chi connectivity index (χ1) is 12.0. The van der Waals surface area contributed by atoms with Crippen molar-refractivity contribution < 1.29 is 9.53 Å². The first-order valence-corrected chi connectivity index (χ1v) is 9.15. The fraction of sp³-hybridized carbons (Fsp3) is 0.381. The average Bonchev–Trinajstić information content (AvgIpc) is 2.65. The van der Waals surface area contributed by atoms with Gasteiger partial charge in [0.25, 0.3) is 0 Å². The Balaban J connectivity index is 1.92. The van der Waals surface area contributed by atoms with Crippen molar-refractivity contribution in [2.75, 3.05) is 19.6 Å². The number of hydrogen-bond donors (Lipinski definition) is 0. The van der Waals surface area contributed by atoms with E-state index in [1.165, 1.54) is 0 Å². The number of nitrogens with zero attached hydrogens (tertiary/aromatic N) is 1. The molecule has 1 atom stereocenters. The van der Waals surface area contributed by atoms with E-state index < -0.39 is 0 Å². The van der Waals surface area contributed by atoms with Crippen LogP contribution < -0.4 is 4.74 Å². The van der Waals surface area contributed by atoms with E-state index in [0.29, 0.717) is 11.6 Å². The van der Waals surface area contributed by atoms with Crippen LogP contribution in [0.3, 0.4) is 0 Å². The molecule has 0 radical (unpaired) electrons. The summed E-state index contributed by atoms with van der Waals surface area (Å²) in [5.41, 5.74) is 1.79. The van der Waals surface area contributed by atoms with E-state index in [1.54, 1.807) is 0 Å². The Morgan fingerprint density at radius 2 is 1.64 bits per heavy atom. The lowest BCUT2D eigenvalue weighted by molar-refractivity contribution is 0.0898. The second kappa shape index (κ2) is 9.59. The van der Waals surface area contributed by atoms with E-state index in [-0.39, 0.29) is 11.7 Å². The van der Waals surface area contributed by atoms with E-state index in [2.05, 4.69) is 18.7 Å². The summed E-state index contributed by atoms with van der Waals surface area (Å²) in [6, 6.07) is 15.0. The first kappa shape index (κ1) is 19.5. The standard InChI is InChI=1S/C21H26ClNO2/c1-4-23(5-2)14-16(3)21(24)18-8-12-20(13-9-18)25-15-17-6-10-19(22)11-7-17/h6-13,16H,4-5,14-15H2,1-3H3. The van der Waals surface area contributed by atoms with Crippen molar-refractivity contribution in [2.45, 2.75) is 27.4 Å². The van der Waals surface area contributed by atoms with Gasteiger partial charge in [-0.2, -0.15) is 0 Å². The number of ether oxygens (including phenoxy) is 1. The predicted octanol–water partition coefficient (Wildman–Crippen LogP) is 5.08. The van der Waals surface area contributed by atoms with Crippen molar-refractivity contribution >= 4 is 17.4 Å². The van der Waals surface area contributed by atoms with E-state index >= 15 is 0 Å². The second-order valence-electron chi connectivity index (χ2n) is 6.19. The fourth-order valence-corrected chi connectivity index (χ4v) is 2.83. The van der Waals surface area contributed by atoms with Gasteiger partial charge < -0.3 is 9.64 Å². The molecule has 0 aliphatic heterocycles. The highest BCUT2D eigenvalue weighted by Crippen LogP contribution is 2.18. The molecule has 0 aliphatic rings. The third-order valence-electron chi connectivity index (χ3n) is 4.33. The molecule has 0 N–H and O–H groups in total. The molecule has 0 amide bonds. The molecule has 0 fully saturated rings. The van der Waals surface area contributed by atoms with E-state index in [1.807, 2.05) is 55.5 Å². The topological polar surface area (TPSA) is 29.5 Å². The minimum Gasteiger partial charge on any atom is -0.489 e. The lowest BCUT2D eigenvalue weighted by atomic mass is 9.98. The Morgan fingerprint density at radius 3 is 2.20 bits per heavy atom. The Hall–Kier alpha value is -1.84. The maximum absolute atomic E-state index is 12.6. The minimum absolute atomic E-state index is 0.0132. The van der Waals surface area contributed by atoms with Crippen molar-refractivity contribution in [3.05, 3.63) is 64.7 Å². The molecule has 2 rings (SSSR count). The van der Waals surface area contributed by atoms with Crippen LogP contribution in [0.15, 0.2) is 48.5 Å². The number of carbonyl (C=O) groups is 1. The molecule has 2 aromatic rings. The molecule has 0 aromatic heterocycles. The Morgan fingerprint density at radius 1 is 1.04 bits per heavy atom. The molecule has 0 saturated heterocycles. The van der Waals surface area contributed by atoms with Gasteiger partial charge in [-0.15, -0.1) is 0 Å². The predicted molar refractivity (Wildman–Crippen MR) is 104 cm³/mol.